The minimum absolute atomic E-state index is 0.180. The molecule has 0 radical (unpaired) electrons. The number of hydrogen-bond acceptors (Lipinski definition) is 7. The van der Waals surface area contributed by atoms with Crippen molar-refractivity contribution < 1.29 is 33.3 Å². The lowest BCUT2D eigenvalue weighted by molar-refractivity contribution is 0.186. The van der Waals surface area contributed by atoms with Gasteiger partial charge in [0.05, 0.1) is 25.1 Å². The molecular formula is C17H24O7S. The molecule has 4 N–H and O–H groups in total. The summed E-state index contributed by atoms with van der Waals surface area (Å²) in [4.78, 5) is 0. The quantitative estimate of drug-likeness (QED) is 0.486. The standard InChI is InChI=1S/C17H24O7S/c1-11(6-13-3-4-14(8-19)24-13)2-5-15(21)17-12(7-18)10-25(22,23)16(17)9-20/h3-4,6,15-16,18-21H,2,5,7-10H2,1H3/b11-6+/t15-,16+/m1/s1. The Morgan fingerprint density at radius 3 is 2.60 bits per heavy atom. The van der Waals surface area contributed by atoms with E-state index >= 15 is 0 Å². The van der Waals surface area contributed by atoms with Crippen molar-refractivity contribution in [3.05, 3.63) is 40.4 Å². The molecule has 1 aromatic rings. The molecule has 25 heavy (non-hydrogen) atoms. The monoisotopic (exact) mass is 372 g/mol. The van der Waals surface area contributed by atoms with Crippen LogP contribution in [0.1, 0.15) is 31.3 Å². The SMILES string of the molecule is C/C(=C\c1ccc(CO)o1)CC[C@@H](O)C1=C(CO)CS(=O)(=O)[C@H]1CO. The Bertz CT molecular complexity index is 758. The molecule has 1 aliphatic rings. The maximum atomic E-state index is 12.0. The molecule has 7 nitrogen and oxygen atoms in total. The molecule has 0 bridgehead atoms. The lowest BCUT2D eigenvalue weighted by Gasteiger charge is -2.18. The number of hydrogen-bond donors (Lipinski definition) is 4. The van der Waals surface area contributed by atoms with Crippen molar-refractivity contribution >= 4 is 15.9 Å². The van der Waals surface area contributed by atoms with Crippen LogP contribution in [0.15, 0.2) is 33.3 Å². The molecule has 0 fully saturated rings. The minimum atomic E-state index is -3.58. The van der Waals surface area contributed by atoms with Gasteiger partial charge in [0.15, 0.2) is 9.84 Å². The molecule has 1 aromatic heterocycles. The van der Waals surface area contributed by atoms with Crippen LogP contribution in [0, 0.1) is 0 Å². The average Bonchev–Trinajstić information content (AvgIpc) is 3.13. The van der Waals surface area contributed by atoms with E-state index in [-0.39, 0.29) is 29.9 Å². The first-order chi connectivity index (χ1) is 11.8. The Balaban J connectivity index is 2.06. The molecule has 0 saturated carbocycles. The Kier molecular flexibility index (Phi) is 6.59. The third-order valence-corrected chi connectivity index (χ3v) is 6.34. The van der Waals surface area contributed by atoms with E-state index in [0.29, 0.717) is 17.9 Å². The lowest BCUT2D eigenvalue weighted by atomic mass is 9.96. The van der Waals surface area contributed by atoms with E-state index in [1.165, 1.54) is 0 Å². The summed E-state index contributed by atoms with van der Waals surface area (Å²) in [6.45, 7) is 0.613. The van der Waals surface area contributed by atoms with Gasteiger partial charge in [0, 0.05) is 0 Å². The molecule has 2 atom stereocenters. The molecule has 8 heteroatoms. The molecule has 0 saturated heterocycles. The molecule has 0 amide bonds. The van der Waals surface area contributed by atoms with Crippen LogP contribution in [-0.2, 0) is 16.4 Å². The number of aliphatic hydroxyl groups excluding tert-OH is 4. The lowest BCUT2D eigenvalue weighted by Crippen LogP contribution is -2.29. The molecule has 0 aromatic carbocycles. The number of sulfone groups is 1. The van der Waals surface area contributed by atoms with Crippen molar-refractivity contribution in [1.29, 1.82) is 0 Å². The summed E-state index contributed by atoms with van der Waals surface area (Å²) in [7, 11) is -3.58. The van der Waals surface area contributed by atoms with Crippen LogP contribution in [0.2, 0.25) is 0 Å². The molecular weight excluding hydrogens is 348 g/mol. The van der Waals surface area contributed by atoms with E-state index in [0.717, 1.165) is 5.57 Å². The van der Waals surface area contributed by atoms with Crippen LogP contribution in [0.5, 0.6) is 0 Å². The van der Waals surface area contributed by atoms with Gasteiger partial charge < -0.3 is 24.8 Å². The predicted octanol–water partition coefficient (Wildman–Crippen LogP) is 0.395. The molecule has 0 aliphatic carbocycles. The molecule has 140 valence electrons. The zero-order chi connectivity index (χ0) is 18.6. The Morgan fingerprint density at radius 1 is 1.32 bits per heavy atom. The third kappa shape index (κ3) is 4.59. The number of allylic oxidation sites excluding steroid dienone is 1. The predicted molar refractivity (Wildman–Crippen MR) is 92.3 cm³/mol. The third-order valence-electron chi connectivity index (χ3n) is 4.32. The number of rotatable bonds is 8. The van der Waals surface area contributed by atoms with Crippen LogP contribution in [0.4, 0.5) is 0 Å². The molecule has 2 rings (SSSR count). The van der Waals surface area contributed by atoms with Gasteiger partial charge in [0.1, 0.15) is 23.4 Å². The van der Waals surface area contributed by atoms with Crippen LogP contribution in [-0.4, -0.2) is 59.2 Å². The highest BCUT2D eigenvalue weighted by molar-refractivity contribution is 7.92. The fourth-order valence-corrected chi connectivity index (χ4v) is 4.92. The largest absolute Gasteiger partial charge is 0.459 e. The van der Waals surface area contributed by atoms with Gasteiger partial charge in [-0.2, -0.15) is 0 Å². The second kappa shape index (κ2) is 8.29. The van der Waals surface area contributed by atoms with E-state index in [1.807, 2.05) is 6.92 Å². The summed E-state index contributed by atoms with van der Waals surface area (Å²) in [6.07, 6.45) is 1.48. The Hall–Kier alpha value is -1.45. The smallest absolute Gasteiger partial charge is 0.163 e. The first-order valence-corrected chi connectivity index (χ1v) is 9.73. The first kappa shape index (κ1) is 19.9. The van der Waals surface area contributed by atoms with Gasteiger partial charge in [-0.05, 0) is 49.1 Å². The van der Waals surface area contributed by atoms with Gasteiger partial charge in [-0.1, -0.05) is 5.57 Å². The summed E-state index contributed by atoms with van der Waals surface area (Å²) in [5, 5.41) is 37.0. The van der Waals surface area contributed by atoms with Gasteiger partial charge in [-0.25, -0.2) is 8.42 Å². The molecule has 0 unspecified atom stereocenters. The molecule has 0 spiro atoms. The first-order valence-electron chi connectivity index (χ1n) is 8.02. The maximum absolute atomic E-state index is 12.0. The van der Waals surface area contributed by atoms with Gasteiger partial charge in [-0.15, -0.1) is 0 Å². The van der Waals surface area contributed by atoms with E-state index in [1.54, 1.807) is 18.2 Å². The van der Waals surface area contributed by atoms with Gasteiger partial charge in [-0.3, -0.25) is 0 Å². The highest BCUT2D eigenvalue weighted by atomic mass is 32.2. The molecule has 2 heterocycles. The summed E-state index contributed by atoms with van der Waals surface area (Å²) in [5.41, 5.74) is 1.40. The summed E-state index contributed by atoms with van der Waals surface area (Å²) < 4.78 is 29.4. The average molecular weight is 372 g/mol. The highest BCUT2D eigenvalue weighted by Gasteiger charge is 2.40. The normalized spacial score (nSPS) is 21.8. The van der Waals surface area contributed by atoms with E-state index in [2.05, 4.69) is 0 Å². The summed E-state index contributed by atoms with van der Waals surface area (Å²) in [5.74, 6) is 0.716. The summed E-state index contributed by atoms with van der Waals surface area (Å²) in [6, 6.07) is 3.39. The Morgan fingerprint density at radius 2 is 2.04 bits per heavy atom. The van der Waals surface area contributed by atoms with Gasteiger partial charge >= 0.3 is 0 Å². The molecule has 1 aliphatic heterocycles. The van der Waals surface area contributed by atoms with Crippen molar-refractivity contribution in [3.8, 4) is 0 Å². The van der Waals surface area contributed by atoms with E-state index < -0.39 is 34.4 Å². The fourth-order valence-electron chi connectivity index (χ4n) is 3.04. The fraction of sp³-hybridized carbons (Fsp3) is 0.529. The van der Waals surface area contributed by atoms with E-state index in [4.69, 9.17) is 9.52 Å². The zero-order valence-corrected chi connectivity index (χ0v) is 14.9. The zero-order valence-electron chi connectivity index (χ0n) is 14.1. The van der Waals surface area contributed by atoms with Crippen molar-refractivity contribution in [3.63, 3.8) is 0 Å². The van der Waals surface area contributed by atoms with Crippen molar-refractivity contribution in [1.82, 2.24) is 0 Å². The second-order valence-corrected chi connectivity index (χ2v) is 8.39. The van der Waals surface area contributed by atoms with Crippen LogP contribution >= 0.6 is 0 Å². The summed E-state index contributed by atoms with van der Waals surface area (Å²) >= 11 is 0. The second-order valence-electron chi connectivity index (χ2n) is 6.20. The Labute approximate surface area is 146 Å². The minimum Gasteiger partial charge on any atom is -0.459 e. The van der Waals surface area contributed by atoms with Crippen molar-refractivity contribution in [2.24, 2.45) is 0 Å². The van der Waals surface area contributed by atoms with Crippen molar-refractivity contribution in [2.75, 3.05) is 19.0 Å². The van der Waals surface area contributed by atoms with E-state index in [9.17, 15) is 23.7 Å². The number of furan rings is 1. The van der Waals surface area contributed by atoms with Crippen LogP contribution < -0.4 is 0 Å². The van der Waals surface area contributed by atoms with Crippen LogP contribution in [0.3, 0.4) is 0 Å². The maximum Gasteiger partial charge on any atom is 0.163 e. The van der Waals surface area contributed by atoms with Crippen LogP contribution in [0.25, 0.3) is 6.08 Å². The van der Waals surface area contributed by atoms with Gasteiger partial charge in [0.2, 0.25) is 0 Å². The van der Waals surface area contributed by atoms with Crippen molar-refractivity contribution in [2.45, 2.75) is 37.7 Å². The highest BCUT2D eigenvalue weighted by Crippen LogP contribution is 2.31. The topological polar surface area (TPSA) is 128 Å². The number of aliphatic hydroxyl groups is 4. The van der Waals surface area contributed by atoms with Gasteiger partial charge in [0.25, 0.3) is 0 Å².